The van der Waals surface area contributed by atoms with E-state index in [-0.39, 0.29) is 11.4 Å². The third-order valence-electron chi connectivity index (χ3n) is 2.23. The van der Waals surface area contributed by atoms with Crippen molar-refractivity contribution in [2.75, 3.05) is 5.75 Å². The van der Waals surface area contributed by atoms with Crippen LogP contribution in [0, 0.1) is 0 Å². The lowest BCUT2D eigenvalue weighted by atomic mass is 10.1. The fraction of sp³-hybridized carbons (Fsp3) is 0.667. The minimum atomic E-state index is -1.11. The number of amides is 1. The number of nitrogens with two attached hydrogens (primary N) is 2. The molecule has 1 atom stereocenters. The lowest BCUT2D eigenvalue weighted by Crippen LogP contribution is -2.51. The van der Waals surface area contributed by atoms with Crippen LogP contribution in [0.1, 0.15) is 20.3 Å². The van der Waals surface area contributed by atoms with E-state index in [9.17, 15) is 9.59 Å². The van der Waals surface area contributed by atoms with Crippen LogP contribution in [0.5, 0.6) is 0 Å². The fourth-order valence-corrected chi connectivity index (χ4v) is 2.13. The number of nitrogens with one attached hydrogen (secondary N) is 1. The van der Waals surface area contributed by atoms with Gasteiger partial charge in [-0.15, -0.1) is 5.10 Å². The number of rotatable bonds is 6. The zero-order valence-electron chi connectivity index (χ0n) is 9.90. The molecule has 5 N–H and O–H groups in total. The molecule has 0 spiro atoms. The summed E-state index contributed by atoms with van der Waals surface area (Å²) in [6.45, 7) is 4.09. The summed E-state index contributed by atoms with van der Waals surface area (Å²) in [5, 5.41) is 6.77. The number of carbonyl (C=O) groups is 1. The Morgan fingerprint density at radius 3 is 2.82 bits per heavy atom. The van der Waals surface area contributed by atoms with E-state index in [2.05, 4.69) is 10.2 Å². The molecule has 0 saturated heterocycles. The second-order valence-electron chi connectivity index (χ2n) is 4.03. The van der Waals surface area contributed by atoms with Gasteiger partial charge in [0.2, 0.25) is 5.91 Å². The smallest absolute Gasteiger partial charge is 0.343 e. The normalized spacial score (nSPS) is 14.5. The summed E-state index contributed by atoms with van der Waals surface area (Å²) in [6.07, 6.45) is 0.822. The molecule has 1 aromatic heterocycles. The van der Waals surface area contributed by atoms with Crippen LogP contribution in [0.4, 0.5) is 0 Å². The van der Waals surface area contributed by atoms with Gasteiger partial charge in [-0.3, -0.25) is 9.36 Å². The SMILES string of the molecule is CCCn1c(SCC(C)(N)C(N)=O)n[nH]c1=O. The predicted molar refractivity (Wildman–Crippen MR) is 65.6 cm³/mol. The molecular weight excluding hydrogens is 242 g/mol. The Hall–Kier alpha value is -1.28. The quantitative estimate of drug-likeness (QED) is 0.582. The maximum atomic E-state index is 11.4. The van der Waals surface area contributed by atoms with Gasteiger partial charge in [0.25, 0.3) is 0 Å². The number of nitrogens with zero attached hydrogens (tertiary/aromatic N) is 2. The van der Waals surface area contributed by atoms with Crippen molar-refractivity contribution in [3.05, 3.63) is 10.5 Å². The Morgan fingerprint density at radius 1 is 1.65 bits per heavy atom. The van der Waals surface area contributed by atoms with Gasteiger partial charge in [0.1, 0.15) is 5.54 Å². The summed E-state index contributed by atoms with van der Waals surface area (Å²) in [6, 6.07) is 0. The number of H-pyrrole nitrogens is 1. The van der Waals surface area contributed by atoms with Crippen molar-refractivity contribution in [3.63, 3.8) is 0 Å². The van der Waals surface area contributed by atoms with Gasteiger partial charge in [0.05, 0.1) is 0 Å². The first-order valence-corrected chi connectivity index (χ1v) is 6.24. The van der Waals surface area contributed by atoms with Crippen molar-refractivity contribution in [3.8, 4) is 0 Å². The zero-order valence-corrected chi connectivity index (χ0v) is 10.7. The van der Waals surface area contributed by atoms with E-state index in [1.54, 1.807) is 6.92 Å². The summed E-state index contributed by atoms with van der Waals surface area (Å²) >= 11 is 1.24. The molecule has 1 rings (SSSR count). The lowest BCUT2D eigenvalue weighted by Gasteiger charge is -2.19. The molecule has 0 fully saturated rings. The van der Waals surface area contributed by atoms with Crippen LogP contribution in [-0.4, -0.2) is 32.0 Å². The third kappa shape index (κ3) is 3.34. The van der Waals surface area contributed by atoms with Crippen LogP contribution in [0.3, 0.4) is 0 Å². The Labute approximate surface area is 103 Å². The number of aromatic nitrogens is 3. The molecule has 8 heteroatoms. The molecule has 1 unspecified atom stereocenters. The molecule has 0 radical (unpaired) electrons. The lowest BCUT2D eigenvalue weighted by molar-refractivity contribution is -0.121. The van der Waals surface area contributed by atoms with Gasteiger partial charge in [0, 0.05) is 12.3 Å². The van der Waals surface area contributed by atoms with E-state index in [0.29, 0.717) is 11.7 Å². The predicted octanol–water partition coefficient (Wildman–Crippen LogP) is -0.724. The molecule has 17 heavy (non-hydrogen) atoms. The Bertz CT molecular complexity index is 450. The molecule has 0 aliphatic carbocycles. The first kappa shape index (κ1) is 13.8. The van der Waals surface area contributed by atoms with Crippen LogP contribution in [-0.2, 0) is 11.3 Å². The van der Waals surface area contributed by atoms with Crippen molar-refractivity contribution < 1.29 is 4.79 Å². The van der Waals surface area contributed by atoms with Crippen molar-refractivity contribution in [1.82, 2.24) is 14.8 Å². The van der Waals surface area contributed by atoms with Crippen LogP contribution in [0.15, 0.2) is 9.95 Å². The van der Waals surface area contributed by atoms with Gasteiger partial charge < -0.3 is 11.5 Å². The highest BCUT2D eigenvalue weighted by Gasteiger charge is 2.26. The van der Waals surface area contributed by atoms with Crippen LogP contribution >= 0.6 is 11.8 Å². The maximum Gasteiger partial charge on any atom is 0.343 e. The van der Waals surface area contributed by atoms with Gasteiger partial charge in [-0.25, -0.2) is 9.89 Å². The highest BCUT2D eigenvalue weighted by atomic mass is 32.2. The number of thioether (sulfide) groups is 1. The standard InChI is InChI=1S/C9H17N5O2S/c1-3-4-14-7(16)12-13-8(14)17-5-9(2,11)6(10)15/h3-5,11H2,1-2H3,(H2,10,15)(H,12,16). The van der Waals surface area contributed by atoms with Gasteiger partial charge in [-0.05, 0) is 13.3 Å². The second kappa shape index (κ2) is 5.37. The van der Waals surface area contributed by atoms with Crippen molar-refractivity contribution >= 4 is 17.7 Å². The maximum absolute atomic E-state index is 11.4. The number of primary amides is 1. The van der Waals surface area contributed by atoms with Gasteiger partial charge in [-0.2, -0.15) is 0 Å². The minimum absolute atomic E-state index is 0.257. The zero-order chi connectivity index (χ0) is 13.1. The summed E-state index contributed by atoms with van der Waals surface area (Å²) in [5.41, 5.74) is 9.51. The van der Waals surface area contributed by atoms with Crippen molar-refractivity contribution in [1.29, 1.82) is 0 Å². The average Bonchev–Trinajstić information content (AvgIpc) is 2.58. The topological polar surface area (TPSA) is 120 Å². The molecule has 96 valence electrons. The highest BCUT2D eigenvalue weighted by Crippen LogP contribution is 2.18. The van der Waals surface area contributed by atoms with Crippen LogP contribution in [0.2, 0.25) is 0 Å². The van der Waals surface area contributed by atoms with E-state index in [1.165, 1.54) is 16.3 Å². The number of hydrogen-bond acceptors (Lipinski definition) is 5. The summed E-state index contributed by atoms with van der Waals surface area (Å²) in [7, 11) is 0. The third-order valence-corrected chi connectivity index (χ3v) is 3.55. The molecule has 1 heterocycles. The van der Waals surface area contributed by atoms with Crippen molar-refractivity contribution in [2.45, 2.75) is 37.5 Å². The van der Waals surface area contributed by atoms with E-state index in [0.717, 1.165) is 6.42 Å². The fourth-order valence-electron chi connectivity index (χ4n) is 1.12. The van der Waals surface area contributed by atoms with E-state index in [4.69, 9.17) is 11.5 Å². The molecule has 7 nitrogen and oxygen atoms in total. The Kier molecular flexibility index (Phi) is 4.35. The Morgan fingerprint density at radius 2 is 2.29 bits per heavy atom. The van der Waals surface area contributed by atoms with Crippen molar-refractivity contribution in [2.24, 2.45) is 11.5 Å². The molecular formula is C9H17N5O2S. The molecule has 0 aliphatic rings. The van der Waals surface area contributed by atoms with Crippen LogP contribution in [0.25, 0.3) is 0 Å². The second-order valence-corrected chi connectivity index (χ2v) is 4.98. The molecule has 0 bridgehead atoms. The molecule has 1 aromatic rings. The number of hydrogen-bond donors (Lipinski definition) is 3. The van der Waals surface area contributed by atoms with Gasteiger partial charge in [0.15, 0.2) is 5.16 Å². The Balaban J connectivity index is 2.76. The largest absolute Gasteiger partial charge is 0.368 e. The van der Waals surface area contributed by atoms with Crippen LogP contribution < -0.4 is 17.2 Å². The summed E-state index contributed by atoms with van der Waals surface area (Å²) in [5.74, 6) is -0.305. The minimum Gasteiger partial charge on any atom is -0.368 e. The molecule has 1 amide bonds. The summed E-state index contributed by atoms with van der Waals surface area (Å²) < 4.78 is 1.52. The summed E-state index contributed by atoms with van der Waals surface area (Å²) in [4.78, 5) is 22.4. The molecule has 0 aromatic carbocycles. The van der Waals surface area contributed by atoms with E-state index >= 15 is 0 Å². The van der Waals surface area contributed by atoms with Gasteiger partial charge >= 0.3 is 5.69 Å². The average molecular weight is 259 g/mol. The first-order chi connectivity index (χ1) is 7.88. The molecule has 0 saturated carbocycles. The first-order valence-electron chi connectivity index (χ1n) is 5.25. The highest BCUT2D eigenvalue weighted by molar-refractivity contribution is 7.99. The van der Waals surface area contributed by atoms with E-state index in [1.807, 2.05) is 6.92 Å². The monoisotopic (exact) mass is 259 g/mol. The molecule has 0 aliphatic heterocycles. The number of aromatic amines is 1. The number of carbonyl (C=O) groups excluding carboxylic acids is 1. The van der Waals surface area contributed by atoms with Gasteiger partial charge in [-0.1, -0.05) is 18.7 Å². The van der Waals surface area contributed by atoms with E-state index < -0.39 is 11.4 Å².